The fourth-order valence-electron chi connectivity index (χ4n) is 2.38. The van der Waals surface area contributed by atoms with Gasteiger partial charge >= 0.3 is 0 Å². The molecule has 0 amide bonds. The molecule has 0 unspecified atom stereocenters. The standard InChI is InChI=1S/C15H18N4S/c1-4-13-11(9-19(3)18-13)8-16-12-5-6-14-15(7-12)20-10(2)17-14/h5-7,9,16H,4,8H2,1-3H3. The smallest absolute Gasteiger partial charge is 0.0907 e. The molecule has 0 saturated carbocycles. The van der Waals surface area contributed by atoms with Gasteiger partial charge < -0.3 is 5.32 Å². The molecule has 0 aliphatic heterocycles. The molecule has 0 aliphatic rings. The highest BCUT2D eigenvalue weighted by atomic mass is 32.1. The van der Waals surface area contributed by atoms with Crippen LogP contribution < -0.4 is 5.32 Å². The van der Waals surface area contributed by atoms with Crippen LogP contribution in [0.25, 0.3) is 10.2 Å². The van der Waals surface area contributed by atoms with E-state index in [1.807, 2.05) is 18.7 Å². The summed E-state index contributed by atoms with van der Waals surface area (Å²) in [5.41, 5.74) is 4.63. The highest BCUT2D eigenvalue weighted by molar-refractivity contribution is 7.18. The summed E-state index contributed by atoms with van der Waals surface area (Å²) < 4.78 is 3.11. The normalized spacial score (nSPS) is 11.2. The minimum atomic E-state index is 0.806. The number of anilines is 1. The average Bonchev–Trinajstić information content (AvgIpc) is 2.97. The number of aromatic nitrogens is 3. The molecule has 0 saturated heterocycles. The lowest BCUT2D eigenvalue weighted by Gasteiger charge is -2.05. The molecule has 0 radical (unpaired) electrons. The second-order valence-electron chi connectivity index (χ2n) is 4.90. The Kier molecular flexibility index (Phi) is 3.44. The molecule has 1 N–H and O–H groups in total. The molecule has 0 spiro atoms. The maximum Gasteiger partial charge on any atom is 0.0907 e. The van der Waals surface area contributed by atoms with Crippen LogP contribution >= 0.6 is 11.3 Å². The molecule has 3 rings (SSSR count). The molecular formula is C15H18N4S. The molecule has 4 nitrogen and oxygen atoms in total. The third-order valence-corrected chi connectivity index (χ3v) is 4.24. The number of nitrogens with one attached hydrogen (secondary N) is 1. The van der Waals surface area contributed by atoms with Gasteiger partial charge in [0, 0.05) is 31.0 Å². The number of hydrogen-bond donors (Lipinski definition) is 1. The molecular weight excluding hydrogens is 268 g/mol. The van der Waals surface area contributed by atoms with Crippen molar-refractivity contribution in [2.75, 3.05) is 5.32 Å². The van der Waals surface area contributed by atoms with E-state index in [0.29, 0.717) is 0 Å². The number of fused-ring (bicyclic) bond motifs is 1. The van der Waals surface area contributed by atoms with Crippen LogP contribution in [0.1, 0.15) is 23.2 Å². The van der Waals surface area contributed by atoms with E-state index in [0.717, 1.165) is 34.9 Å². The quantitative estimate of drug-likeness (QED) is 0.798. The van der Waals surface area contributed by atoms with Crippen molar-refractivity contribution < 1.29 is 0 Å². The van der Waals surface area contributed by atoms with Gasteiger partial charge in [0.15, 0.2) is 0 Å². The fraction of sp³-hybridized carbons (Fsp3) is 0.333. The topological polar surface area (TPSA) is 42.7 Å². The van der Waals surface area contributed by atoms with Crippen LogP contribution in [0.5, 0.6) is 0 Å². The second-order valence-corrected chi connectivity index (χ2v) is 6.13. The predicted octanol–water partition coefficient (Wildman–Crippen LogP) is 3.51. The first-order valence-electron chi connectivity index (χ1n) is 6.78. The van der Waals surface area contributed by atoms with Gasteiger partial charge in [0.25, 0.3) is 0 Å². The summed E-state index contributed by atoms with van der Waals surface area (Å²) in [6, 6.07) is 6.33. The number of aryl methyl sites for hydroxylation is 3. The first-order valence-corrected chi connectivity index (χ1v) is 7.60. The Bertz CT molecular complexity index is 741. The molecule has 5 heteroatoms. The van der Waals surface area contributed by atoms with Crippen LogP contribution in [0, 0.1) is 6.92 Å². The lowest BCUT2D eigenvalue weighted by atomic mass is 10.2. The van der Waals surface area contributed by atoms with Crippen LogP contribution in [-0.4, -0.2) is 14.8 Å². The summed E-state index contributed by atoms with van der Waals surface area (Å²) in [6.07, 6.45) is 3.05. The molecule has 2 aromatic heterocycles. The number of nitrogens with zero attached hydrogens (tertiary/aromatic N) is 3. The van der Waals surface area contributed by atoms with Gasteiger partial charge in [-0.25, -0.2) is 4.98 Å². The van der Waals surface area contributed by atoms with E-state index in [4.69, 9.17) is 0 Å². The van der Waals surface area contributed by atoms with E-state index in [-0.39, 0.29) is 0 Å². The summed E-state index contributed by atoms with van der Waals surface area (Å²) in [5, 5.41) is 9.05. The summed E-state index contributed by atoms with van der Waals surface area (Å²) in [4.78, 5) is 4.48. The Morgan fingerprint density at radius 3 is 3.00 bits per heavy atom. The highest BCUT2D eigenvalue weighted by Crippen LogP contribution is 2.25. The van der Waals surface area contributed by atoms with Crippen LogP contribution in [-0.2, 0) is 20.0 Å². The third kappa shape index (κ3) is 2.54. The Morgan fingerprint density at radius 2 is 2.20 bits per heavy atom. The van der Waals surface area contributed by atoms with Crippen molar-refractivity contribution in [3.63, 3.8) is 0 Å². The molecule has 0 aliphatic carbocycles. The molecule has 20 heavy (non-hydrogen) atoms. The molecule has 0 atom stereocenters. The van der Waals surface area contributed by atoms with Crippen molar-refractivity contribution >= 4 is 27.2 Å². The van der Waals surface area contributed by atoms with Crippen LogP contribution in [0.3, 0.4) is 0 Å². The molecule has 0 fully saturated rings. The first kappa shape index (κ1) is 13.1. The van der Waals surface area contributed by atoms with Gasteiger partial charge in [-0.1, -0.05) is 6.92 Å². The zero-order valence-corrected chi connectivity index (χ0v) is 12.8. The van der Waals surface area contributed by atoms with Crippen molar-refractivity contribution in [2.45, 2.75) is 26.8 Å². The average molecular weight is 286 g/mol. The predicted molar refractivity (Wildman–Crippen MR) is 84.3 cm³/mol. The summed E-state index contributed by atoms with van der Waals surface area (Å²) in [5.74, 6) is 0. The lowest BCUT2D eigenvalue weighted by Crippen LogP contribution is -2.00. The Balaban J connectivity index is 1.78. The minimum absolute atomic E-state index is 0.806. The van der Waals surface area contributed by atoms with Gasteiger partial charge in [-0.15, -0.1) is 11.3 Å². The van der Waals surface area contributed by atoms with E-state index < -0.39 is 0 Å². The van der Waals surface area contributed by atoms with Gasteiger partial charge in [0.2, 0.25) is 0 Å². The number of rotatable bonds is 4. The van der Waals surface area contributed by atoms with Gasteiger partial charge in [0.1, 0.15) is 0 Å². The number of benzene rings is 1. The van der Waals surface area contributed by atoms with E-state index in [2.05, 4.69) is 46.7 Å². The van der Waals surface area contributed by atoms with E-state index in [1.54, 1.807) is 11.3 Å². The fourth-order valence-corrected chi connectivity index (χ4v) is 3.24. The highest BCUT2D eigenvalue weighted by Gasteiger charge is 2.06. The van der Waals surface area contributed by atoms with Crippen LogP contribution in [0.2, 0.25) is 0 Å². The van der Waals surface area contributed by atoms with Crippen molar-refractivity contribution in [1.82, 2.24) is 14.8 Å². The zero-order valence-electron chi connectivity index (χ0n) is 12.0. The largest absolute Gasteiger partial charge is 0.381 e. The molecule has 3 aromatic rings. The zero-order chi connectivity index (χ0) is 14.1. The van der Waals surface area contributed by atoms with Crippen molar-refractivity contribution in [3.8, 4) is 0 Å². The summed E-state index contributed by atoms with van der Waals surface area (Å²) in [7, 11) is 1.97. The third-order valence-electron chi connectivity index (χ3n) is 3.31. The molecule has 0 bridgehead atoms. The summed E-state index contributed by atoms with van der Waals surface area (Å²) in [6.45, 7) is 4.99. The number of hydrogen-bond acceptors (Lipinski definition) is 4. The van der Waals surface area contributed by atoms with Crippen molar-refractivity contribution in [3.05, 3.63) is 40.7 Å². The second kappa shape index (κ2) is 5.25. The minimum Gasteiger partial charge on any atom is -0.381 e. The van der Waals surface area contributed by atoms with E-state index in [9.17, 15) is 0 Å². The maximum absolute atomic E-state index is 4.48. The van der Waals surface area contributed by atoms with Crippen molar-refractivity contribution in [1.29, 1.82) is 0 Å². The molecule has 2 heterocycles. The van der Waals surface area contributed by atoms with Crippen molar-refractivity contribution in [2.24, 2.45) is 7.05 Å². The van der Waals surface area contributed by atoms with Gasteiger partial charge in [-0.05, 0) is 31.5 Å². The van der Waals surface area contributed by atoms with E-state index >= 15 is 0 Å². The van der Waals surface area contributed by atoms with Crippen LogP contribution in [0.15, 0.2) is 24.4 Å². The SMILES string of the molecule is CCc1nn(C)cc1CNc1ccc2nc(C)sc2c1. The lowest BCUT2D eigenvalue weighted by molar-refractivity contribution is 0.746. The Hall–Kier alpha value is -1.88. The number of thiazole rings is 1. The van der Waals surface area contributed by atoms with Gasteiger partial charge in [0.05, 0.1) is 20.9 Å². The first-order chi connectivity index (χ1) is 9.65. The van der Waals surface area contributed by atoms with Gasteiger partial charge in [-0.2, -0.15) is 5.10 Å². The molecule has 104 valence electrons. The Morgan fingerprint density at radius 1 is 1.35 bits per heavy atom. The summed E-state index contributed by atoms with van der Waals surface area (Å²) >= 11 is 1.73. The molecule has 1 aromatic carbocycles. The van der Waals surface area contributed by atoms with Crippen LogP contribution in [0.4, 0.5) is 5.69 Å². The van der Waals surface area contributed by atoms with E-state index in [1.165, 1.54) is 10.3 Å². The van der Waals surface area contributed by atoms with Gasteiger partial charge in [-0.3, -0.25) is 4.68 Å². The Labute approximate surface area is 122 Å². The maximum atomic E-state index is 4.48. The monoisotopic (exact) mass is 286 g/mol.